The fourth-order valence-electron chi connectivity index (χ4n) is 4.41. The van der Waals surface area contributed by atoms with Crippen LogP contribution in [0.15, 0.2) is 36.4 Å². The molecule has 7 nitrogen and oxygen atoms in total. The number of phenolic OH excluding ortho intramolecular Hbond substituents is 1. The number of aliphatic hydroxyl groups excluding tert-OH is 1. The van der Waals surface area contributed by atoms with Gasteiger partial charge in [-0.05, 0) is 61.1 Å². The number of aromatic amines is 1. The third-order valence-electron chi connectivity index (χ3n) is 6.04. The number of H-pyrrole nitrogens is 1. The highest BCUT2D eigenvalue weighted by atomic mass is 16.5. The van der Waals surface area contributed by atoms with Gasteiger partial charge in [-0.3, -0.25) is 9.89 Å². The normalized spacial score (nSPS) is 15.4. The van der Waals surface area contributed by atoms with Crippen molar-refractivity contribution in [1.82, 2.24) is 15.1 Å². The number of carbonyl (C=O) groups is 1. The lowest BCUT2D eigenvalue weighted by atomic mass is 9.94. The van der Waals surface area contributed by atoms with Gasteiger partial charge in [0, 0.05) is 17.7 Å². The summed E-state index contributed by atoms with van der Waals surface area (Å²) >= 11 is 0. The number of carbonyl (C=O) groups excluding carboxylic acids is 1. The number of amides is 1. The lowest BCUT2D eigenvalue weighted by Crippen LogP contribution is -2.32. The Morgan fingerprint density at radius 2 is 2.00 bits per heavy atom. The second-order valence-electron chi connectivity index (χ2n) is 9.07. The number of nitrogens with one attached hydrogen (secondary N) is 1. The molecule has 0 saturated carbocycles. The molecule has 33 heavy (non-hydrogen) atoms. The molecule has 2 aromatic carbocycles. The Kier molecular flexibility index (Phi) is 6.42. The van der Waals surface area contributed by atoms with Crippen LogP contribution in [0.1, 0.15) is 59.1 Å². The lowest BCUT2D eigenvalue weighted by molar-refractivity contribution is 0.0706. The maximum atomic E-state index is 13.2. The summed E-state index contributed by atoms with van der Waals surface area (Å²) in [5.41, 5.74) is 4.81. The molecule has 0 saturated heterocycles. The van der Waals surface area contributed by atoms with E-state index in [1.54, 1.807) is 4.90 Å². The molecular formula is C26H31N3O4. The minimum absolute atomic E-state index is 0.146. The topological polar surface area (TPSA) is 98.7 Å². The van der Waals surface area contributed by atoms with Gasteiger partial charge in [0.15, 0.2) is 0 Å². The van der Waals surface area contributed by atoms with E-state index in [1.807, 2.05) is 50.2 Å². The molecule has 0 radical (unpaired) electrons. The minimum atomic E-state index is -0.456. The largest absolute Gasteiger partial charge is 0.507 e. The van der Waals surface area contributed by atoms with Crippen LogP contribution in [-0.2, 0) is 0 Å². The van der Waals surface area contributed by atoms with E-state index in [0.29, 0.717) is 35.0 Å². The number of aromatic nitrogens is 2. The number of aryl methyl sites for hydroxylation is 2. The Morgan fingerprint density at radius 1 is 1.21 bits per heavy atom. The average Bonchev–Trinajstić information content (AvgIpc) is 3.30. The van der Waals surface area contributed by atoms with Crippen molar-refractivity contribution in [2.45, 2.75) is 40.2 Å². The summed E-state index contributed by atoms with van der Waals surface area (Å²) in [7, 11) is 0. The summed E-state index contributed by atoms with van der Waals surface area (Å²) in [6.45, 7) is 8.75. The van der Waals surface area contributed by atoms with Crippen molar-refractivity contribution in [1.29, 1.82) is 0 Å². The summed E-state index contributed by atoms with van der Waals surface area (Å²) in [5.74, 6) is 1.20. The monoisotopic (exact) mass is 449 g/mol. The predicted octanol–water partition coefficient (Wildman–Crippen LogP) is 4.36. The molecule has 4 rings (SSSR count). The Balaban J connectivity index is 1.80. The van der Waals surface area contributed by atoms with Gasteiger partial charge in [0.25, 0.3) is 5.91 Å². The first-order valence-electron chi connectivity index (χ1n) is 11.3. The van der Waals surface area contributed by atoms with Crippen LogP contribution < -0.4 is 4.74 Å². The van der Waals surface area contributed by atoms with Crippen molar-refractivity contribution in [2.75, 3.05) is 19.8 Å². The van der Waals surface area contributed by atoms with E-state index >= 15 is 0 Å². The Bertz CT molecular complexity index is 1170. The summed E-state index contributed by atoms with van der Waals surface area (Å²) in [4.78, 5) is 14.9. The van der Waals surface area contributed by atoms with Gasteiger partial charge in [0.05, 0.1) is 19.3 Å². The molecule has 1 aromatic heterocycles. The molecule has 1 aliphatic heterocycles. The first-order valence-corrected chi connectivity index (χ1v) is 11.3. The zero-order valence-corrected chi connectivity index (χ0v) is 19.6. The number of phenols is 1. The maximum absolute atomic E-state index is 13.2. The number of nitrogens with zero attached hydrogens (tertiary/aromatic N) is 2. The maximum Gasteiger partial charge on any atom is 0.273 e. The molecule has 0 fully saturated rings. The van der Waals surface area contributed by atoms with E-state index in [0.717, 1.165) is 28.9 Å². The molecule has 2 heterocycles. The number of benzene rings is 2. The number of fused-ring (bicyclic) bond motifs is 1. The number of ether oxygens (including phenoxy) is 1. The van der Waals surface area contributed by atoms with Gasteiger partial charge in [-0.15, -0.1) is 0 Å². The summed E-state index contributed by atoms with van der Waals surface area (Å²) in [5, 5.41) is 27.8. The third kappa shape index (κ3) is 4.33. The van der Waals surface area contributed by atoms with Crippen molar-refractivity contribution >= 4 is 5.91 Å². The Hall–Kier alpha value is -3.32. The quantitative estimate of drug-likeness (QED) is 0.475. The van der Waals surface area contributed by atoms with Gasteiger partial charge < -0.3 is 19.8 Å². The SMILES string of the molecule is Cc1cc(C)c(O)c(-c2n[nH]c3c2C(c2cccc(OCCC(C)C)c2)N(CCO)C3=O)c1. The van der Waals surface area contributed by atoms with E-state index in [9.17, 15) is 15.0 Å². The Labute approximate surface area is 194 Å². The smallest absolute Gasteiger partial charge is 0.273 e. The van der Waals surface area contributed by atoms with E-state index < -0.39 is 6.04 Å². The number of hydrogen-bond donors (Lipinski definition) is 3. The van der Waals surface area contributed by atoms with Gasteiger partial charge in [0.2, 0.25) is 0 Å². The van der Waals surface area contributed by atoms with E-state index in [2.05, 4.69) is 24.0 Å². The van der Waals surface area contributed by atoms with Crippen LogP contribution in [0.2, 0.25) is 0 Å². The van der Waals surface area contributed by atoms with Crippen LogP contribution in [0.5, 0.6) is 11.5 Å². The molecule has 7 heteroatoms. The van der Waals surface area contributed by atoms with Crippen molar-refractivity contribution < 1.29 is 19.7 Å². The van der Waals surface area contributed by atoms with E-state index in [-0.39, 0.29) is 24.8 Å². The molecule has 0 bridgehead atoms. The van der Waals surface area contributed by atoms with E-state index in [1.165, 1.54) is 0 Å². The number of hydrogen-bond acceptors (Lipinski definition) is 5. The summed E-state index contributed by atoms with van der Waals surface area (Å²) in [6.07, 6.45) is 0.949. The molecular weight excluding hydrogens is 418 g/mol. The third-order valence-corrected chi connectivity index (χ3v) is 6.04. The fourth-order valence-corrected chi connectivity index (χ4v) is 4.41. The standard InChI is InChI=1S/C26H31N3O4/c1-15(2)8-11-33-19-7-5-6-18(14-19)24-21-22(20-13-16(3)12-17(4)25(20)31)27-28-23(21)26(32)29(24)9-10-30/h5-7,12-15,24,30-31H,8-11H2,1-4H3,(H,27,28). The molecule has 3 aromatic rings. The zero-order valence-electron chi connectivity index (χ0n) is 19.6. The first kappa shape index (κ1) is 22.9. The zero-order chi connectivity index (χ0) is 23.7. The van der Waals surface area contributed by atoms with E-state index in [4.69, 9.17) is 4.74 Å². The summed E-state index contributed by atoms with van der Waals surface area (Å²) < 4.78 is 5.96. The van der Waals surface area contributed by atoms with Crippen LogP contribution in [0.25, 0.3) is 11.3 Å². The van der Waals surface area contributed by atoms with Gasteiger partial charge in [-0.25, -0.2) is 0 Å². The van der Waals surface area contributed by atoms with Crippen LogP contribution >= 0.6 is 0 Å². The molecule has 1 amide bonds. The number of β-amino-alcohol motifs (C(OH)–C–C–N with tert-alkyl or cyclic N) is 1. The van der Waals surface area contributed by atoms with Crippen LogP contribution in [0.4, 0.5) is 0 Å². The number of rotatable bonds is 8. The van der Waals surface area contributed by atoms with Gasteiger partial charge in [0.1, 0.15) is 22.9 Å². The van der Waals surface area contributed by atoms with Gasteiger partial charge in [-0.2, -0.15) is 5.10 Å². The van der Waals surface area contributed by atoms with Crippen LogP contribution in [0, 0.1) is 19.8 Å². The van der Waals surface area contributed by atoms with Crippen LogP contribution in [-0.4, -0.2) is 51.0 Å². The van der Waals surface area contributed by atoms with Crippen molar-refractivity contribution in [3.05, 3.63) is 64.3 Å². The molecule has 1 atom stereocenters. The number of aliphatic hydroxyl groups is 1. The first-order chi connectivity index (χ1) is 15.8. The average molecular weight is 450 g/mol. The van der Waals surface area contributed by atoms with Crippen molar-refractivity contribution in [3.63, 3.8) is 0 Å². The predicted molar refractivity (Wildman–Crippen MR) is 127 cm³/mol. The highest BCUT2D eigenvalue weighted by Crippen LogP contribution is 2.45. The highest BCUT2D eigenvalue weighted by Gasteiger charge is 2.42. The highest BCUT2D eigenvalue weighted by molar-refractivity contribution is 6.00. The minimum Gasteiger partial charge on any atom is -0.507 e. The lowest BCUT2D eigenvalue weighted by Gasteiger charge is -2.26. The molecule has 1 aliphatic rings. The number of aromatic hydroxyl groups is 1. The van der Waals surface area contributed by atoms with Crippen molar-refractivity contribution in [3.8, 4) is 22.8 Å². The molecule has 174 valence electrons. The molecule has 3 N–H and O–H groups in total. The Morgan fingerprint density at radius 3 is 2.73 bits per heavy atom. The van der Waals surface area contributed by atoms with Gasteiger partial charge >= 0.3 is 0 Å². The second kappa shape index (κ2) is 9.27. The van der Waals surface area contributed by atoms with Crippen LogP contribution in [0.3, 0.4) is 0 Å². The molecule has 0 aliphatic carbocycles. The summed E-state index contributed by atoms with van der Waals surface area (Å²) in [6, 6.07) is 11.0. The fraction of sp³-hybridized carbons (Fsp3) is 0.385. The second-order valence-corrected chi connectivity index (χ2v) is 9.07. The molecule has 1 unspecified atom stereocenters. The van der Waals surface area contributed by atoms with Crippen molar-refractivity contribution in [2.24, 2.45) is 5.92 Å². The molecule has 0 spiro atoms. The van der Waals surface area contributed by atoms with Gasteiger partial charge in [-0.1, -0.05) is 32.0 Å².